The van der Waals surface area contributed by atoms with E-state index in [0.29, 0.717) is 6.04 Å². The molecule has 3 nitrogen and oxygen atoms in total. The van der Waals surface area contributed by atoms with Gasteiger partial charge in [-0.25, -0.2) is 0 Å². The molecule has 0 fully saturated rings. The third kappa shape index (κ3) is 4.31. The highest BCUT2D eigenvalue weighted by molar-refractivity contribution is 5.70. The molecule has 1 aromatic heterocycles. The molecule has 0 bridgehead atoms. The van der Waals surface area contributed by atoms with Crippen LogP contribution < -0.4 is 4.74 Å². The van der Waals surface area contributed by atoms with Crippen molar-refractivity contribution in [3.8, 4) is 17.0 Å². The Labute approximate surface area is 193 Å². The quantitative estimate of drug-likeness (QED) is 0.419. The first-order valence-corrected chi connectivity index (χ1v) is 12.0. The van der Waals surface area contributed by atoms with Gasteiger partial charge in [0.25, 0.3) is 0 Å². The maximum absolute atomic E-state index is 5.93. The Morgan fingerprint density at radius 1 is 1.03 bits per heavy atom. The summed E-state index contributed by atoms with van der Waals surface area (Å²) in [6, 6.07) is 18.1. The molecule has 0 aliphatic heterocycles. The number of hydrogen-bond acceptors (Lipinski definition) is 3. The van der Waals surface area contributed by atoms with E-state index in [2.05, 4.69) is 81.2 Å². The molecule has 1 aliphatic carbocycles. The molecule has 1 atom stereocenters. The monoisotopic (exact) mass is 428 g/mol. The van der Waals surface area contributed by atoms with Crippen LogP contribution in [0.5, 0.6) is 5.75 Å². The van der Waals surface area contributed by atoms with E-state index in [1.807, 2.05) is 0 Å². The lowest BCUT2D eigenvalue weighted by atomic mass is 9.87. The molecule has 1 unspecified atom stereocenters. The molecule has 168 valence electrons. The van der Waals surface area contributed by atoms with Gasteiger partial charge in [-0.1, -0.05) is 56.3 Å². The van der Waals surface area contributed by atoms with Gasteiger partial charge in [-0.2, -0.15) is 0 Å². The topological polar surface area (TPSA) is 25.4 Å². The molecule has 0 spiro atoms. The number of rotatable bonds is 7. The number of fused-ring (bicyclic) bond motifs is 1. The minimum Gasteiger partial charge on any atom is -0.496 e. The number of nitrogens with zero attached hydrogens (tertiary/aromatic N) is 2. The lowest BCUT2D eigenvalue weighted by Crippen LogP contribution is -2.28. The van der Waals surface area contributed by atoms with Crippen LogP contribution >= 0.6 is 0 Å². The van der Waals surface area contributed by atoms with E-state index in [1.54, 1.807) is 7.11 Å². The Morgan fingerprint density at radius 2 is 1.75 bits per heavy atom. The highest BCUT2D eigenvalue weighted by atomic mass is 16.5. The lowest BCUT2D eigenvalue weighted by molar-refractivity contribution is 0.210. The summed E-state index contributed by atoms with van der Waals surface area (Å²) in [6.45, 7) is 7.39. The van der Waals surface area contributed by atoms with Crippen molar-refractivity contribution in [1.29, 1.82) is 0 Å². The van der Waals surface area contributed by atoms with Gasteiger partial charge in [0.05, 0.1) is 12.8 Å². The molecule has 3 aromatic rings. The number of benzene rings is 2. The van der Waals surface area contributed by atoms with Crippen molar-refractivity contribution in [2.75, 3.05) is 14.2 Å². The van der Waals surface area contributed by atoms with Crippen LogP contribution in [0.15, 0.2) is 48.5 Å². The van der Waals surface area contributed by atoms with Gasteiger partial charge in [0.15, 0.2) is 0 Å². The molecule has 1 heterocycles. The standard InChI is InChI=1S/C29H36N2O/c1-6-21-13-10-14-22(7-2)29(21)26-18-28(32-5)25(20(3)30-26)19-31(4)27-17-11-15-23-12-8-9-16-24(23)27/h8-10,12-14,16,18,27H,6-7,11,15,17,19H2,1-5H3. The third-order valence-electron chi connectivity index (χ3n) is 7.04. The van der Waals surface area contributed by atoms with Gasteiger partial charge < -0.3 is 4.74 Å². The van der Waals surface area contributed by atoms with Gasteiger partial charge in [0, 0.05) is 35.5 Å². The van der Waals surface area contributed by atoms with Crippen molar-refractivity contribution < 1.29 is 4.74 Å². The van der Waals surface area contributed by atoms with E-state index >= 15 is 0 Å². The van der Waals surface area contributed by atoms with E-state index in [0.717, 1.165) is 36.5 Å². The van der Waals surface area contributed by atoms with Gasteiger partial charge in [0.1, 0.15) is 5.75 Å². The van der Waals surface area contributed by atoms with E-state index in [9.17, 15) is 0 Å². The van der Waals surface area contributed by atoms with Crippen LogP contribution in [-0.2, 0) is 25.8 Å². The molecule has 0 amide bonds. The van der Waals surface area contributed by atoms with Gasteiger partial charge in [-0.3, -0.25) is 9.88 Å². The molecule has 2 aromatic carbocycles. The van der Waals surface area contributed by atoms with Crippen molar-refractivity contribution in [2.24, 2.45) is 0 Å². The second-order valence-corrected chi connectivity index (χ2v) is 8.95. The Bertz CT molecular complexity index is 1070. The van der Waals surface area contributed by atoms with Crippen LogP contribution in [0.2, 0.25) is 0 Å². The Hall–Kier alpha value is -2.65. The Kier molecular flexibility index (Phi) is 6.95. The highest BCUT2D eigenvalue weighted by Crippen LogP contribution is 2.37. The number of methoxy groups -OCH3 is 1. The summed E-state index contributed by atoms with van der Waals surface area (Å²) in [5.41, 5.74) is 10.2. The zero-order valence-corrected chi connectivity index (χ0v) is 20.2. The summed E-state index contributed by atoms with van der Waals surface area (Å²) in [7, 11) is 4.02. The number of pyridine rings is 1. The summed E-state index contributed by atoms with van der Waals surface area (Å²) in [6.07, 6.45) is 5.63. The molecule has 3 heteroatoms. The lowest BCUT2D eigenvalue weighted by Gasteiger charge is -2.34. The first-order chi connectivity index (χ1) is 15.6. The zero-order valence-electron chi connectivity index (χ0n) is 20.2. The summed E-state index contributed by atoms with van der Waals surface area (Å²) >= 11 is 0. The fourth-order valence-electron chi connectivity index (χ4n) is 5.29. The van der Waals surface area contributed by atoms with Gasteiger partial charge >= 0.3 is 0 Å². The minimum absolute atomic E-state index is 0.441. The van der Waals surface area contributed by atoms with Gasteiger partial charge in [0.2, 0.25) is 0 Å². The SMILES string of the molecule is CCc1cccc(CC)c1-c1cc(OC)c(CN(C)C2CCCc3ccccc32)c(C)n1. The molecular formula is C29H36N2O. The molecule has 0 saturated carbocycles. The average molecular weight is 429 g/mol. The molecular weight excluding hydrogens is 392 g/mol. The Balaban J connectivity index is 1.69. The maximum Gasteiger partial charge on any atom is 0.127 e. The predicted octanol–water partition coefficient (Wildman–Crippen LogP) is 6.70. The summed E-state index contributed by atoms with van der Waals surface area (Å²) in [4.78, 5) is 7.58. The molecule has 0 N–H and O–H groups in total. The smallest absolute Gasteiger partial charge is 0.127 e. The van der Waals surface area contributed by atoms with Crippen LogP contribution in [-0.4, -0.2) is 24.0 Å². The van der Waals surface area contributed by atoms with Crippen molar-refractivity contribution in [3.63, 3.8) is 0 Å². The molecule has 4 rings (SSSR count). The van der Waals surface area contributed by atoms with E-state index in [1.165, 1.54) is 52.6 Å². The van der Waals surface area contributed by atoms with E-state index < -0.39 is 0 Å². The first kappa shape index (κ1) is 22.5. The number of hydrogen-bond donors (Lipinski definition) is 0. The van der Waals surface area contributed by atoms with Gasteiger partial charge in [-0.15, -0.1) is 0 Å². The third-order valence-corrected chi connectivity index (χ3v) is 7.04. The van der Waals surface area contributed by atoms with Gasteiger partial charge in [-0.05, 0) is 68.3 Å². The van der Waals surface area contributed by atoms with Crippen molar-refractivity contribution in [1.82, 2.24) is 9.88 Å². The van der Waals surface area contributed by atoms with Crippen LogP contribution in [0.3, 0.4) is 0 Å². The largest absolute Gasteiger partial charge is 0.496 e. The molecule has 0 saturated heterocycles. The summed E-state index contributed by atoms with van der Waals surface area (Å²) in [5, 5.41) is 0. The summed E-state index contributed by atoms with van der Waals surface area (Å²) < 4.78 is 5.93. The number of ether oxygens (including phenoxy) is 1. The van der Waals surface area contributed by atoms with Crippen LogP contribution in [0.25, 0.3) is 11.3 Å². The second-order valence-electron chi connectivity index (χ2n) is 8.95. The fourth-order valence-corrected chi connectivity index (χ4v) is 5.29. The van der Waals surface area contributed by atoms with Crippen molar-refractivity contribution >= 4 is 0 Å². The normalized spacial score (nSPS) is 15.6. The average Bonchev–Trinajstić information content (AvgIpc) is 2.83. The van der Waals surface area contributed by atoms with Crippen LogP contribution in [0.1, 0.15) is 66.2 Å². The fraction of sp³-hybridized carbons (Fsp3) is 0.414. The number of aromatic nitrogens is 1. The molecule has 1 aliphatic rings. The Morgan fingerprint density at radius 3 is 2.44 bits per heavy atom. The van der Waals surface area contributed by atoms with Crippen molar-refractivity contribution in [3.05, 3.63) is 82.0 Å². The van der Waals surface area contributed by atoms with E-state index in [4.69, 9.17) is 9.72 Å². The maximum atomic E-state index is 5.93. The van der Waals surface area contributed by atoms with E-state index in [-0.39, 0.29) is 0 Å². The highest BCUT2D eigenvalue weighted by Gasteiger charge is 2.25. The predicted molar refractivity (Wildman–Crippen MR) is 133 cm³/mol. The molecule has 32 heavy (non-hydrogen) atoms. The minimum atomic E-state index is 0.441. The second kappa shape index (κ2) is 9.87. The molecule has 0 radical (unpaired) electrons. The summed E-state index contributed by atoms with van der Waals surface area (Å²) in [5.74, 6) is 0.941. The van der Waals surface area contributed by atoms with Crippen LogP contribution in [0.4, 0.5) is 0 Å². The zero-order chi connectivity index (χ0) is 22.7. The van der Waals surface area contributed by atoms with Crippen molar-refractivity contribution in [2.45, 2.75) is 65.5 Å². The number of aryl methyl sites for hydroxylation is 4. The van der Waals surface area contributed by atoms with Crippen LogP contribution in [0, 0.1) is 6.92 Å². The first-order valence-electron chi connectivity index (χ1n) is 12.0.